The molecular formula is C13H15F3O. The van der Waals surface area contributed by atoms with Crippen molar-refractivity contribution in [1.82, 2.24) is 0 Å². The van der Waals surface area contributed by atoms with Gasteiger partial charge in [0, 0.05) is 6.61 Å². The van der Waals surface area contributed by atoms with Gasteiger partial charge in [-0.1, -0.05) is 19.1 Å². The first-order valence-corrected chi connectivity index (χ1v) is 5.84. The van der Waals surface area contributed by atoms with Crippen LogP contribution in [0.2, 0.25) is 0 Å². The van der Waals surface area contributed by atoms with E-state index in [-0.39, 0.29) is 6.42 Å². The molecule has 1 aromatic rings. The van der Waals surface area contributed by atoms with Gasteiger partial charge in [0.15, 0.2) is 0 Å². The van der Waals surface area contributed by atoms with E-state index in [1.54, 1.807) is 6.92 Å². The normalized spacial score (nSPS) is 20.8. The molecule has 0 spiro atoms. The Morgan fingerprint density at radius 2 is 2.18 bits per heavy atom. The Bertz CT molecular complexity index is 398. The molecule has 0 radical (unpaired) electrons. The first-order chi connectivity index (χ1) is 8.07. The van der Waals surface area contributed by atoms with Crippen LogP contribution in [-0.2, 0) is 17.1 Å². The number of hydrogen-bond acceptors (Lipinski definition) is 1. The molecule has 0 amide bonds. The predicted molar refractivity (Wildman–Crippen MR) is 58.6 cm³/mol. The molecule has 0 N–H and O–H groups in total. The van der Waals surface area contributed by atoms with Crippen molar-refractivity contribution in [1.29, 1.82) is 0 Å². The molecule has 0 aliphatic carbocycles. The van der Waals surface area contributed by atoms with Gasteiger partial charge in [0.1, 0.15) is 11.9 Å². The number of ether oxygens (including phenoxy) is 1. The van der Waals surface area contributed by atoms with Crippen molar-refractivity contribution < 1.29 is 17.9 Å². The minimum absolute atomic E-state index is 0.281. The molecule has 1 saturated heterocycles. The third-order valence-corrected chi connectivity index (χ3v) is 3.15. The summed E-state index contributed by atoms with van der Waals surface area (Å²) in [5, 5.41) is 0. The molecule has 2 rings (SSSR count). The van der Waals surface area contributed by atoms with Gasteiger partial charge in [-0.15, -0.1) is 0 Å². The Balaban J connectivity index is 2.38. The van der Waals surface area contributed by atoms with E-state index in [1.807, 2.05) is 0 Å². The summed E-state index contributed by atoms with van der Waals surface area (Å²) < 4.78 is 47.0. The zero-order valence-corrected chi connectivity index (χ0v) is 9.68. The van der Waals surface area contributed by atoms with E-state index in [4.69, 9.17) is 4.74 Å². The van der Waals surface area contributed by atoms with E-state index < -0.39 is 23.4 Å². The summed E-state index contributed by atoms with van der Waals surface area (Å²) in [6, 6.07) is 4.15. The lowest BCUT2D eigenvalue weighted by Gasteiger charge is -2.23. The summed E-state index contributed by atoms with van der Waals surface area (Å²) in [6.07, 6.45) is 0.100. The highest BCUT2D eigenvalue weighted by molar-refractivity contribution is 5.30. The number of halogens is 3. The average Bonchev–Trinajstić information content (AvgIpc) is 2.83. The van der Waals surface area contributed by atoms with Gasteiger partial charge in [-0.3, -0.25) is 0 Å². The van der Waals surface area contributed by atoms with Crippen LogP contribution in [0, 0.1) is 5.82 Å². The molecule has 0 unspecified atom stereocenters. The fourth-order valence-corrected chi connectivity index (χ4v) is 2.15. The third-order valence-electron chi connectivity index (χ3n) is 3.15. The van der Waals surface area contributed by atoms with Gasteiger partial charge in [-0.25, -0.2) is 4.39 Å². The Kier molecular flexibility index (Phi) is 3.43. The topological polar surface area (TPSA) is 9.23 Å². The molecule has 4 heteroatoms. The Hall–Kier alpha value is -1.03. The summed E-state index contributed by atoms with van der Waals surface area (Å²) in [6.45, 7) is 2.07. The van der Waals surface area contributed by atoms with Gasteiger partial charge in [0.25, 0.3) is 0 Å². The first kappa shape index (κ1) is 12.4. The maximum atomic E-state index is 14.1. The van der Waals surface area contributed by atoms with Crippen LogP contribution in [0.1, 0.15) is 30.9 Å². The summed E-state index contributed by atoms with van der Waals surface area (Å²) in [5.74, 6) is -4.04. The Morgan fingerprint density at radius 3 is 2.76 bits per heavy atom. The second-order valence-electron chi connectivity index (χ2n) is 4.26. The van der Waals surface area contributed by atoms with Crippen molar-refractivity contribution >= 4 is 0 Å². The molecule has 94 valence electrons. The van der Waals surface area contributed by atoms with Crippen LogP contribution in [0.5, 0.6) is 0 Å². The molecule has 17 heavy (non-hydrogen) atoms. The molecule has 1 atom stereocenters. The molecule has 0 bridgehead atoms. The summed E-state index contributed by atoms with van der Waals surface area (Å²) >= 11 is 0. The average molecular weight is 244 g/mol. The van der Waals surface area contributed by atoms with Crippen molar-refractivity contribution in [3.05, 3.63) is 35.1 Å². The summed E-state index contributed by atoms with van der Waals surface area (Å²) in [5.41, 5.74) is -0.219. The maximum Gasteiger partial charge on any atom is 0.301 e. The summed E-state index contributed by atoms with van der Waals surface area (Å²) in [4.78, 5) is 0. The second kappa shape index (κ2) is 4.69. The zero-order chi connectivity index (χ0) is 12.5. The Morgan fingerprint density at radius 1 is 1.41 bits per heavy atom. The van der Waals surface area contributed by atoms with Crippen molar-refractivity contribution in [2.45, 2.75) is 38.2 Å². The van der Waals surface area contributed by atoms with Gasteiger partial charge in [-0.05, 0) is 30.9 Å². The number of hydrogen-bond donors (Lipinski definition) is 0. The van der Waals surface area contributed by atoms with Crippen LogP contribution in [0.4, 0.5) is 13.2 Å². The molecule has 1 nitrogen and oxygen atoms in total. The second-order valence-corrected chi connectivity index (χ2v) is 4.26. The lowest BCUT2D eigenvalue weighted by molar-refractivity contribution is -0.124. The SMILES string of the molecule is CCc1cccc(C(F)(F)[C@@H]2CCCO2)c1F. The first-order valence-electron chi connectivity index (χ1n) is 5.84. The van der Waals surface area contributed by atoms with Crippen LogP contribution in [0.25, 0.3) is 0 Å². The molecule has 0 saturated carbocycles. The van der Waals surface area contributed by atoms with Gasteiger partial charge in [-0.2, -0.15) is 8.78 Å². The molecule has 1 fully saturated rings. The predicted octanol–water partition coefficient (Wildman–Crippen LogP) is 3.66. The van der Waals surface area contributed by atoms with Crippen molar-refractivity contribution in [3.63, 3.8) is 0 Å². The fourth-order valence-electron chi connectivity index (χ4n) is 2.15. The van der Waals surface area contributed by atoms with Crippen LogP contribution in [0.15, 0.2) is 18.2 Å². The van der Waals surface area contributed by atoms with Crippen LogP contribution >= 0.6 is 0 Å². The minimum atomic E-state index is -3.24. The number of benzene rings is 1. The molecule has 0 aromatic heterocycles. The lowest BCUT2D eigenvalue weighted by atomic mass is 9.97. The van der Waals surface area contributed by atoms with Crippen LogP contribution in [0.3, 0.4) is 0 Å². The highest BCUT2D eigenvalue weighted by atomic mass is 19.3. The summed E-state index contributed by atoms with van der Waals surface area (Å²) in [7, 11) is 0. The van der Waals surface area contributed by atoms with Crippen molar-refractivity contribution in [2.24, 2.45) is 0 Å². The van der Waals surface area contributed by atoms with E-state index in [0.29, 0.717) is 25.0 Å². The lowest BCUT2D eigenvalue weighted by Crippen LogP contribution is -2.31. The van der Waals surface area contributed by atoms with Gasteiger partial charge in [0.05, 0.1) is 5.56 Å². The standard InChI is InChI=1S/C13H15F3O/c1-2-9-5-3-6-10(12(9)14)13(15,16)11-7-4-8-17-11/h3,5-6,11H,2,4,7-8H2,1H3/t11-/m0/s1. The smallest absolute Gasteiger partial charge is 0.301 e. The van der Waals surface area contributed by atoms with Gasteiger partial charge in [0.2, 0.25) is 0 Å². The number of aryl methyl sites for hydroxylation is 1. The largest absolute Gasteiger partial charge is 0.372 e. The monoisotopic (exact) mass is 244 g/mol. The van der Waals surface area contributed by atoms with E-state index in [1.165, 1.54) is 12.1 Å². The maximum absolute atomic E-state index is 14.1. The van der Waals surface area contributed by atoms with Gasteiger partial charge < -0.3 is 4.74 Å². The van der Waals surface area contributed by atoms with E-state index >= 15 is 0 Å². The van der Waals surface area contributed by atoms with E-state index in [0.717, 1.165) is 6.07 Å². The molecule has 1 aliphatic heterocycles. The van der Waals surface area contributed by atoms with Crippen molar-refractivity contribution in [2.75, 3.05) is 6.61 Å². The van der Waals surface area contributed by atoms with Crippen LogP contribution < -0.4 is 0 Å². The van der Waals surface area contributed by atoms with Crippen molar-refractivity contribution in [3.8, 4) is 0 Å². The molecule has 1 heterocycles. The van der Waals surface area contributed by atoms with Gasteiger partial charge >= 0.3 is 5.92 Å². The van der Waals surface area contributed by atoms with E-state index in [2.05, 4.69) is 0 Å². The number of rotatable bonds is 3. The molecule has 1 aliphatic rings. The number of alkyl halides is 2. The third kappa shape index (κ3) is 2.18. The zero-order valence-electron chi connectivity index (χ0n) is 9.68. The van der Waals surface area contributed by atoms with E-state index in [9.17, 15) is 13.2 Å². The highest BCUT2D eigenvalue weighted by Gasteiger charge is 2.45. The Labute approximate surface area is 98.6 Å². The molecule has 1 aromatic carbocycles. The molecular weight excluding hydrogens is 229 g/mol. The van der Waals surface area contributed by atoms with Crippen LogP contribution in [-0.4, -0.2) is 12.7 Å². The minimum Gasteiger partial charge on any atom is -0.372 e. The quantitative estimate of drug-likeness (QED) is 0.788. The highest BCUT2D eigenvalue weighted by Crippen LogP contribution is 2.39. The fraction of sp³-hybridized carbons (Fsp3) is 0.538.